The quantitative estimate of drug-likeness (QED) is 0.597. The summed E-state index contributed by atoms with van der Waals surface area (Å²) >= 11 is 0. The van der Waals surface area contributed by atoms with Crippen molar-refractivity contribution in [3.8, 4) is 0 Å². The van der Waals surface area contributed by atoms with Gasteiger partial charge in [-0.25, -0.2) is 0 Å². The van der Waals surface area contributed by atoms with Crippen LogP contribution in [0.2, 0.25) is 0 Å². The van der Waals surface area contributed by atoms with Crippen LogP contribution in [0.1, 0.15) is 13.3 Å². The molecule has 4 nitrogen and oxygen atoms in total. The van der Waals surface area contributed by atoms with Crippen molar-refractivity contribution in [1.29, 1.82) is 0 Å². The summed E-state index contributed by atoms with van der Waals surface area (Å²) in [5, 5.41) is 0. The Morgan fingerprint density at radius 1 is 1.27 bits per heavy atom. The molecule has 4 atom stereocenters. The molecule has 0 N–H and O–H groups in total. The lowest BCUT2D eigenvalue weighted by molar-refractivity contribution is -0.0555. The molecule has 0 saturated carbocycles. The molecule has 0 aromatic heterocycles. The van der Waals surface area contributed by atoms with E-state index in [4.69, 9.17) is 26.8 Å². The van der Waals surface area contributed by atoms with E-state index in [9.17, 15) is 0 Å². The van der Waals surface area contributed by atoms with E-state index in [2.05, 4.69) is 6.92 Å². The highest BCUT2D eigenvalue weighted by Crippen LogP contribution is 2.24. The highest BCUT2D eigenvalue weighted by atomic mass is 16.6. The largest absolute Gasteiger partial charge is 0.382 e. The molecule has 1 aliphatic rings. The van der Waals surface area contributed by atoms with Crippen LogP contribution in [0.4, 0.5) is 0 Å². The van der Waals surface area contributed by atoms with Crippen molar-refractivity contribution in [3.05, 3.63) is 0 Å². The van der Waals surface area contributed by atoms with Crippen LogP contribution in [0.5, 0.6) is 0 Å². The lowest BCUT2D eigenvalue weighted by atomic mass is 9.93. The van der Waals surface area contributed by atoms with Crippen molar-refractivity contribution in [2.75, 3.05) is 27.4 Å². The van der Waals surface area contributed by atoms with Gasteiger partial charge in [-0.1, -0.05) is 6.92 Å². The van der Waals surface area contributed by atoms with Gasteiger partial charge in [0, 0.05) is 26.8 Å². The molecule has 1 unspecified atom stereocenters. The maximum atomic E-state index is 5.82. The average molecular weight is 214 g/mol. The fourth-order valence-corrected chi connectivity index (χ4v) is 1.78. The molecule has 1 aliphatic heterocycles. The van der Waals surface area contributed by atoms with Crippen LogP contribution in [-0.2, 0) is 18.9 Å². The number of ether oxygens (including phenoxy) is 4. The first-order valence-electron chi connectivity index (χ1n) is 5.29. The van der Waals surface area contributed by atoms with E-state index in [1.54, 1.807) is 14.2 Å². The Labute approximate surface area is 92.6 Å². The summed E-state index contributed by atoms with van der Waals surface area (Å²) in [6, 6.07) is -0.429. The number of hydrogen-bond acceptors (Lipinski definition) is 4. The molecular weight excluding hydrogens is 195 g/mol. The van der Waals surface area contributed by atoms with Crippen molar-refractivity contribution < 1.29 is 18.9 Å². The Morgan fingerprint density at radius 2 is 2.00 bits per heavy atom. The van der Waals surface area contributed by atoms with Gasteiger partial charge in [0.1, 0.15) is 26.2 Å². The zero-order valence-corrected chi connectivity index (χ0v) is 9.64. The van der Waals surface area contributed by atoms with E-state index in [-0.39, 0.29) is 18.3 Å². The molecule has 0 spiro atoms. The maximum Gasteiger partial charge on any atom is 0.113 e. The molecule has 0 amide bonds. The van der Waals surface area contributed by atoms with Crippen molar-refractivity contribution in [3.63, 3.8) is 0 Å². The normalized spacial score (nSPS) is 35.9. The van der Waals surface area contributed by atoms with Crippen LogP contribution in [0.3, 0.4) is 0 Å². The van der Waals surface area contributed by atoms with Crippen LogP contribution in [0.15, 0.2) is 0 Å². The van der Waals surface area contributed by atoms with Gasteiger partial charge in [0.25, 0.3) is 0 Å². The topological polar surface area (TPSA) is 36.9 Å². The Hall–Kier alpha value is -0.0951. The SMILES string of the molecule is [B][C@@H]1O[C@H](COC)C(OC)[C@@H]1OCCC. The number of hydrogen-bond donors (Lipinski definition) is 0. The lowest BCUT2D eigenvalue weighted by Gasteiger charge is -2.22. The van der Waals surface area contributed by atoms with Gasteiger partial charge in [-0.3, -0.25) is 0 Å². The monoisotopic (exact) mass is 214 g/mol. The van der Waals surface area contributed by atoms with Gasteiger partial charge >= 0.3 is 0 Å². The molecule has 0 aromatic carbocycles. The van der Waals surface area contributed by atoms with Crippen molar-refractivity contribution in [2.24, 2.45) is 0 Å². The van der Waals surface area contributed by atoms with Crippen molar-refractivity contribution >= 4 is 7.85 Å². The van der Waals surface area contributed by atoms with Crippen molar-refractivity contribution in [2.45, 2.75) is 37.7 Å². The maximum absolute atomic E-state index is 5.82. The van der Waals surface area contributed by atoms with Crippen LogP contribution < -0.4 is 0 Å². The van der Waals surface area contributed by atoms with Gasteiger partial charge in [-0.2, -0.15) is 0 Å². The molecule has 15 heavy (non-hydrogen) atoms. The first kappa shape index (κ1) is 13.0. The Balaban J connectivity index is 2.52. The minimum atomic E-state index is -0.429. The van der Waals surface area contributed by atoms with Crippen LogP contribution in [0.25, 0.3) is 0 Å². The summed E-state index contributed by atoms with van der Waals surface area (Å²) in [6.07, 6.45) is 0.465. The first-order chi connectivity index (χ1) is 7.24. The molecular formula is C10H19BO4. The summed E-state index contributed by atoms with van der Waals surface area (Å²) in [6.45, 7) is 3.19. The molecule has 86 valence electrons. The second-order valence-corrected chi connectivity index (χ2v) is 3.63. The third-order valence-electron chi connectivity index (χ3n) is 2.46. The highest BCUT2D eigenvalue weighted by molar-refractivity contribution is 6.11. The first-order valence-corrected chi connectivity index (χ1v) is 5.29. The number of methoxy groups -OCH3 is 2. The highest BCUT2D eigenvalue weighted by Gasteiger charge is 2.42. The summed E-state index contributed by atoms with van der Waals surface area (Å²) in [5.41, 5.74) is 0. The fourth-order valence-electron chi connectivity index (χ4n) is 1.78. The van der Waals surface area contributed by atoms with Crippen molar-refractivity contribution in [1.82, 2.24) is 0 Å². The molecule has 0 aliphatic carbocycles. The van der Waals surface area contributed by atoms with E-state index in [0.29, 0.717) is 13.2 Å². The smallest absolute Gasteiger partial charge is 0.113 e. The van der Waals surface area contributed by atoms with E-state index < -0.39 is 6.00 Å². The summed E-state index contributed by atoms with van der Waals surface area (Å²) in [5.74, 6) is 0. The van der Waals surface area contributed by atoms with Crippen LogP contribution in [0, 0.1) is 0 Å². The van der Waals surface area contributed by atoms with Gasteiger partial charge in [0.2, 0.25) is 0 Å². The molecule has 1 saturated heterocycles. The molecule has 0 aromatic rings. The van der Waals surface area contributed by atoms with Gasteiger partial charge < -0.3 is 18.9 Å². The molecule has 2 radical (unpaired) electrons. The Morgan fingerprint density at radius 3 is 2.53 bits per heavy atom. The second kappa shape index (κ2) is 6.48. The Bertz CT molecular complexity index is 179. The minimum Gasteiger partial charge on any atom is -0.382 e. The third kappa shape index (κ3) is 3.18. The van der Waals surface area contributed by atoms with Gasteiger partial charge in [0.15, 0.2) is 0 Å². The van der Waals surface area contributed by atoms with E-state index >= 15 is 0 Å². The third-order valence-corrected chi connectivity index (χ3v) is 2.46. The summed E-state index contributed by atoms with van der Waals surface area (Å²) in [4.78, 5) is 0. The summed E-state index contributed by atoms with van der Waals surface area (Å²) < 4.78 is 21.5. The Kier molecular flexibility index (Phi) is 5.60. The lowest BCUT2D eigenvalue weighted by Crippen LogP contribution is -2.38. The molecule has 0 bridgehead atoms. The molecule has 1 rings (SSSR count). The van der Waals surface area contributed by atoms with Gasteiger partial charge in [-0.05, 0) is 6.42 Å². The van der Waals surface area contributed by atoms with Gasteiger partial charge in [-0.15, -0.1) is 0 Å². The average Bonchev–Trinajstić information content (AvgIpc) is 2.52. The number of rotatable bonds is 6. The van der Waals surface area contributed by atoms with E-state index in [1.807, 2.05) is 0 Å². The predicted octanol–water partition coefficient (Wildman–Crippen LogP) is 0.336. The fraction of sp³-hybridized carbons (Fsp3) is 1.00. The minimum absolute atomic E-state index is 0.142. The van der Waals surface area contributed by atoms with Gasteiger partial charge in [0.05, 0.1) is 6.61 Å². The van der Waals surface area contributed by atoms with Crippen LogP contribution in [-0.4, -0.2) is 59.6 Å². The molecule has 1 fully saturated rings. The standard InChI is InChI=1S/C10H19BO4/c1-4-5-14-9-8(13-3)7(6-12-2)15-10(9)11/h7-10H,4-6H2,1-3H3/t7-,8?,9+,10-/m1/s1. The predicted molar refractivity (Wildman–Crippen MR) is 57.1 cm³/mol. The summed E-state index contributed by atoms with van der Waals surface area (Å²) in [7, 11) is 9.09. The van der Waals surface area contributed by atoms with Crippen LogP contribution >= 0.6 is 0 Å². The molecule has 5 heteroatoms. The van der Waals surface area contributed by atoms with E-state index in [0.717, 1.165) is 6.42 Å². The molecule has 1 heterocycles. The zero-order chi connectivity index (χ0) is 11.3. The van der Waals surface area contributed by atoms with E-state index in [1.165, 1.54) is 0 Å². The second-order valence-electron chi connectivity index (χ2n) is 3.63. The zero-order valence-electron chi connectivity index (χ0n) is 9.64.